The summed E-state index contributed by atoms with van der Waals surface area (Å²) >= 11 is 1.71. The van der Waals surface area contributed by atoms with Crippen LogP contribution in [-0.4, -0.2) is 36.1 Å². The number of anilines is 1. The number of fused-ring (bicyclic) bond motifs is 1. The second-order valence-electron chi connectivity index (χ2n) is 5.43. The Bertz CT molecular complexity index is 664. The molecule has 0 amide bonds. The first kappa shape index (κ1) is 13.6. The molecule has 1 aromatic heterocycles. The van der Waals surface area contributed by atoms with E-state index < -0.39 is 0 Å². The van der Waals surface area contributed by atoms with Crippen LogP contribution in [0.2, 0.25) is 0 Å². The van der Waals surface area contributed by atoms with Crippen molar-refractivity contribution in [3.8, 4) is 5.75 Å². The molecule has 3 heterocycles. The monoisotopic (exact) mass is 315 g/mol. The summed E-state index contributed by atoms with van der Waals surface area (Å²) in [6, 6.07) is 6.25. The highest BCUT2D eigenvalue weighted by Crippen LogP contribution is 2.26. The molecule has 5 nitrogen and oxygen atoms in total. The molecule has 4 rings (SSSR count). The van der Waals surface area contributed by atoms with Gasteiger partial charge in [0.25, 0.3) is 0 Å². The molecule has 0 N–H and O–H groups in total. The Morgan fingerprint density at radius 3 is 2.91 bits per heavy atom. The van der Waals surface area contributed by atoms with Crippen LogP contribution in [0, 0.1) is 0 Å². The lowest BCUT2D eigenvalue weighted by atomic mass is 10.1. The van der Waals surface area contributed by atoms with E-state index in [1.54, 1.807) is 17.6 Å². The number of rotatable bonds is 3. The Labute approximate surface area is 133 Å². The predicted molar refractivity (Wildman–Crippen MR) is 86.8 cm³/mol. The summed E-state index contributed by atoms with van der Waals surface area (Å²) in [6.07, 6.45) is 5.38. The molecule has 0 bridgehead atoms. The molecule has 114 valence electrons. The molecule has 1 fully saturated rings. The summed E-state index contributed by atoms with van der Waals surface area (Å²) in [7, 11) is 0. The molecule has 0 radical (unpaired) electrons. The molecule has 0 spiro atoms. The van der Waals surface area contributed by atoms with Crippen LogP contribution >= 0.6 is 11.3 Å². The maximum absolute atomic E-state index is 5.11. The van der Waals surface area contributed by atoms with Gasteiger partial charge in [0.05, 0.1) is 0 Å². The number of hydrogen-bond donors (Lipinski definition) is 0. The van der Waals surface area contributed by atoms with Crippen LogP contribution in [0.5, 0.6) is 5.75 Å². The van der Waals surface area contributed by atoms with E-state index in [0.717, 1.165) is 49.2 Å². The number of thiazole rings is 1. The van der Waals surface area contributed by atoms with Gasteiger partial charge in [0.1, 0.15) is 6.26 Å². The molecule has 0 saturated carbocycles. The Hall–Kier alpha value is -2.05. The lowest BCUT2D eigenvalue weighted by Crippen LogP contribution is -2.45. The second-order valence-corrected chi connectivity index (χ2v) is 6.31. The highest BCUT2D eigenvalue weighted by Gasteiger charge is 2.19. The third-order valence-corrected chi connectivity index (χ3v) is 4.82. The first-order valence-electron chi connectivity index (χ1n) is 7.38. The average molecular weight is 315 g/mol. The van der Waals surface area contributed by atoms with E-state index in [0.29, 0.717) is 0 Å². The van der Waals surface area contributed by atoms with E-state index >= 15 is 0 Å². The van der Waals surface area contributed by atoms with Gasteiger partial charge in [-0.15, -0.1) is 11.3 Å². The van der Waals surface area contributed by atoms with Crippen molar-refractivity contribution in [3.63, 3.8) is 0 Å². The Kier molecular flexibility index (Phi) is 3.70. The summed E-state index contributed by atoms with van der Waals surface area (Å²) in [6.45, 7) is 5.16. The van der Waals surface area contributed by atoms with E-state index in [9.17, 15) is 0 Å². The van der Waals surface area contributed by atoms with E-state index in [2.05, 4.69) is 26.9 Å². The Balaban J connectivity index is 1.38. The van der Waals surface area contributed by atoms with Crippen molar-refractivity contribution in [2.24, 2.45) is 0 Å². The van der Waals surface area contributed by atoms with Crippen molar-refractivity contribution in [3.05, 3.63) is 47.2 Å². The van der Waals surface area contributed by atoms with Gasteiger partial charge in [-0.2, -0.15) is 0 Å². The highest BCUT2D eigenvalue weighted by atomic mass is 32.1. The Morgan fingerprint density at radius 1 is 1.18 bits per heavy atom. The molecular weight excluding hydrogens is 298 g/mol. The van der Waals surface area contributed by atoms with Crippen molar-refractivity contribution in [2.75, 3.05) is 31.1 Å². The zero-order valence-corrected chi connectivity index (χ0v) is 13.0. The van der Waals surface area contributed by atoms with Crippen molar-refractivity contribution >= 4 is 22.5 Å². The van der Waals surface area contributed by atoms with E-state index in [4.69, 9.17) is 9.78 Å². The standard InChI is InChI=1S/C16H17N3O2S/c1-2-15-14(3-9-20-21-15)11-13(1)12-18-5-7-19(8-6-18)16-17-4-10-22-16/h1-4,9-11H,5-8,12H2. The van der Waals surface area contributed by atoms with E-state index in [1.165, 1.54) is 5.56 Å². The zero-order chi connectivity index (χ0) is 14.8. The van der Waals surface area contributed by atoms with Crippen molar-refractivity contribution < 1.29 is 9.78 Å². The van der Waals surface area contributed by atoms with Gasteiger partial charge in [-0.3, -0.25) is 14.7 Å². The number of benzene rings is 1. The van der Waals surface area contributed by atoms with Crippen molar-refractivity contribution in [1.82, 2.24) is 9.88 Å². The van der Waals surface area contributed by atoms with Crippen molar-refractivity contribution in [2.45, 2.75) is 6.54 Å². The van der Waals surface area contributed by atoms with Crippen molar-refractivity contribution in [1.29, 1.82) is 0 Å². The van der Waals surface area contributed by atoms with E-state index in [-0.39, 0.29) is 0 Å². The third kappa shape index (κ3) is 2.80. The first-order chi connectivity index (χ1) is 10.9. The van der Waals surface area contributed by atoms with Gasteiger partial charge in [-0.05, 0) is 23.8 Å². The fourth-order valence-electron chi connectivity index (χ4n) is 2.81. The largest absolute Gasteiger partial charge is 0.346 e. The SMILES string of the molecule is C1=Cc2cc(CN3CCN(c4nccs4)CC3)ccc2OO1. The second kappa shape index (κ2) is 5.98. The summed E-state index contributed by atoms with van der Waals surface area (Å²) in [5.74, 6) is 0.778. The van der Waals surface area contributed by atoms with Crippen LogP contribution < -0.4 is 9.79 Å². The molecule has 2 aliphatic heterocycles. The normalized spacial score (nSPS) is 17.7. The summed E-state index contributed by atoms with van der Waals surface area (Å²) in [4.78, 5) is 19.2. The minimum atomic E-state index is 0.778. The molecule has 0 unspecified atom stereocenters. The zero-order valence-electron chi connectivity index (χ0n) is 12.1. The average Bonchev–Trinajstić information content (AvgIpc) is 3.10. The van der Waals surface area contributed by atoms with Crippen LogP contribution in [-0.2, 0) is 11.4 Å². The summed E-state index contributed by atoms with van der Waals surface area (Å²) < 4.78 is 0. The predicted octanol–water partition coefficient (Wildman–Crippen LogP) is 2.76. The minimum absolute atomic E-state index is 0.778. The van der Waals surface area contributed by atoms with Gasteiger partial charge in [-0.25, -0.2) is 4.98 Å². The number of nitrogens with zero attached hydrogens (tertiary/aromatic N) is 3. The molecule has 2 aromatic rings. The number of piperazine rings is 1. The van der Waals surface area contributed by atoms with Gasteiger partial charge < -0.3 is 4.90 Å². The quantitative estimate of drug-likeness (QED) is 0.814. The van der Waals surface area contributed by atoms with E-state index in [1.807, 2.05) is 23.7 Å². The van der Waals surface area contributed by atoms with Crippen LogP contribution in [0.4, 0.5) is 5.13 Å². The van der Waals surface area contributed by atoms with Gasteiger partial charge in [0, 0.05) is 49.9 Å². The number of aromatic nitrogens is 1. The van der Waals surface area contributed by atoms with Gasteiger partial charge in [0.15, 0.2) is 10.9 Å². The molecule has 6 heteroatoms. The maximum Gasteiger partial charge on any atom is 0.185 e. The molecular formula is C16H17N3O2S. The van der Waals surface area contributed by atoms with Gasteiger partial charge in [0.2, 0.25) is 0 Å². The fourth-order valence-corrected chi connectivity index (χ4v) is 3.51. The van der Waals surface area contributed by atoms with Crippen LogP contribution in [0.3, 0.4) is 0 Å². The topological polar surface area (TPSA) is 37.8 Å². The molecule has 1 aromatic carbocycles. The summed E-state index contributed by atoms with van der Waals surface area (Å²) in [5, 5.41) is 3.17. The molecule has 2 aliphatic rings. The Morgan fingerprint density at radius 2 is 2.09 bits per heavy atom. The van der Waals surface area contributed by atoms with Gasteiger partial charge >= 0.3 is 0 Å². The maximum atomic E-state index is 5.11. The van der Waals surface area contributed by atoms with Crippen LogP contribution in [0.1, 0.15) is 11.1 Å². The molecule has 1 saturated heterocycles. The minimum Gasteiger partial charge on any atom is -0.346 e. The first-order valence-corrected chi connectivity index (χ1v) is 8.26. The molecule has 0 atom stereocenters. The lowest BCUT2D eigenvalue weighted by molar-refractivity contribution is -0.151. The smallest absolute Gasteiger partial charge is 0.185 e. The lowest BCUT2D eigenvalue weighted by Gasteiger charge is -2.34. The van der Waals surface area contributed by atoms with Crippen LogP contribution in [0.25, 0.3) is 6.08 Å². The summed E-state index contributed by atoms with van der Waals surface area (Å²) in [5.41, 5.74) is 2.38. The van der Waals surface area contributed by atoms with Gasteiger partial charge in [-0.1, -0.05) is 6.07 Å². The van der Waals surface area contributed by atoms with Crippen LogP contribution in [0.15, 0.2) is 36.0 Å². The third-order valence-electron chi connectivity index (χ3n) is 3.98. The molecule has 0 aliphatic carbocycles. The molecule has 22 heavy (non-hydrogen) atoms. The number of hydrogen-bond acceptors (Lipinski definition) is 6. The fraction of sp³-hybridized carbons (Fsp3) is 0.312. The highest BCUT2D eigenvalue weighted by molar-refractivity contribution is 7.13.